The van der Waals surface area contributed by atoms with Crippen molar-refractivity contribution in [1.82, 2.24) is 10.3 Å². The number of pyridine rings is 1. The van der Waals surface area contributed by atoms with E-state index >= 15 is 0 Å². The number of rotatable bonds is 6. The third kappa shape index (κ3) is 4.57. The number of aromatic nitrogens is 1. The molecule has 1 heterocycles. The number of benzene rings is 1. The van der Waals surface area contributed by atoms with Crippen LogP contribution in [0.25, 0.3) is 6.08 Å². The van der Waals surface area contributed by atoms with E-state index in [1.165, 1.54) is 6.08 Å². The fourth-order valence-electron chi connectivity index (χ4n) is 2.13. The van der Waals surface area contributed by atoms with Crippen LogP contribution < -0.4 is 14.8 Å². The number of carbonyl (C=O) groups is 1. The molecule has 23 heavy (non-hydrogen) atoms. The van der Waals surface area contributed by atoms with Gasteiger partial charge in [0.25, 0.3) is 0 Å². The van der Waals surface area contributed by atoms with Crippen molar-refractivity contribution in [3.63, 3.8) is 0 Å². The van der Waals surface area contributed by atoms with Crippen LogP contribution >= 0.6 is 0 Å². The van der Waals surface area contributed by atoms with E-state index in [4.69, 9.17) is 9.47 Å². The Labute approximate surface area is 136 Å². The van der Waals surface area contributed by atoms with Crippen molar-refractivity contribution in [2.75, 3.05) is 14.2 Å². The SMILES string of the molecule is COc1ccc(C)cc1/C=C/C(=O)NCc1cccnc1OC. The van der Waals surface area contributed by atoms with Crippen molar-refractivity contribution in [3.05, 3.63) is 59.3 Å². The number of carbonyl (C=O) groups excluding carboxylic acids is 1. The zero-order valence-electron chi connectivity index (χ0n) is 13.5. The second kappa shape index (κ2) is 7.98. The van der Waals surface area contributed by atoms with Crippen molar-refractivity contribution in [3.8, 4) is 11.6 Å². The molecule has 0 spiro atoms. The van der Waals surface area contributed by atoms with Crippen LogP contribution in [0.5, 0.6) is 11.6 Å². The molecule has 1 aromatic carbocycles. The van der Waals surface area contributed by atoms with Crippen molar-refractivity contribution in [2.24, 2.45) is 0 Å². The van der Waals surface area contributed by atoms with Gasteiger partial charge in [-0.05, 0) is 31.2 Å². The van der Waals surface area contributed by atoms with Gasteiger partial charge in [0.15, 0.2) is 0 Å². The number of hydrogen-bond acceptors (Lipinski definition) is 4. The van der Waals surface area contributed by atoms with Gasteiger partial charge in [-0.2, -0.15) is 0 Å². The van der Waals surface area contributed by atoms with Gasteiger partial charge < -0.3 is 14.8 Å². The van der Waals surface area contributed by atoms with E-state index < -0.39 is 0 Å². The number of nitrogens with one attached hydrogen (secondary N) is 1. The molecule has 1 aromatic heterocycles. The first-order valence-electron chi connectivity index (χ1n) is 7.22. The van der Waals surface area contributed by atoms with E-state index in [1.807, 2.05) is 31.2 Å². The second-order valence-electron chi connectivity index (χ2n) is 4.97. The van der Waals surface area contributed by atoms with Crippen LogP contribution in [0, 0.1) is 6.92 Å². The summed E-state index contributed by atoms with van der Waals surface area (Å²) in [5, 5.41) is 2.81. The minimum absolute atomic E-state index is 0.195. The molecule has 0 aliphatic heterocycles. The molecule has 2 rings (SSSR count). The molecule has 0 saturated heterocycles. The summed E-state index contributed by atoms with van der Waals surface area (Å²) in [5.74, 6) is 1.05. The predicted octanol–water partition coefficient (Wildman–Crippen LogP) is 2.74. The first-order chi connectivity index (χ1) is 11.1. The minimum atomic E-state index is -0.195. The summed E-state index contributed by atoms with van der Waals surface area (Å²) in [6.45, 7) is 2.34. The number of hydrogen-bond donors (Lipinski definition) is 1. The highest BCUT2D eigenvalue weighted by atomic mass is 16.5. The van der Waals surface area contributed by atoms with Gasteiger partial charge in [0.05, 0.1) is 14.2 Å². The average Bonchev–Trinajstić information content (AvgIpc) is 2.58. The number of ether oxygens (including phenoxy) is 2. The molecule has 0 unspecified atom stereocenters. The molecule has 1 N–H and O–H groups in total. The van der Waals surface area contributed by atoms with E-state index in [1.54, 1.807) is 32.6 Å². The van der Waals surface area contributed by atoms with Crippen LogP contribution in [0.15, 0.2) is 42.6 Å². The lowest BCUT2D eigenvalue weighted by Crippen LogP contribution is -2.20. The van der Waals surface area contributed by atoms with Crippen LogP contribution in [0.4, 0.5) is 0 Å². The highest BCUT2D eigenvalue weighted by Gasteiger charge is 2.05. The second-order valence-corrected chi connectivity index (χ2v) is 4.97. The fraction of sp³-hybridized carbons (Fsp3) is 0.222. The molecule has 0 bridgehead atoms. The van der Waals surface area contributed by atoms with E-state index in [9.17, 15) is 4.79 Å². The highest BCUT2D eigenvalue weighted by molar-refractivity contribution is 5.92. The standard InChI is InChI=1S/C18H20N2O3/c1-13-6-8-16(22-2)14(11-13)7-9-17(21)20-12-15-5-4-10-19-18(15)23-3/h4-11H,12H2,1-3H3,(H,20,21)/b9-7+. The van der Waals surface area contributed by atoms with Gasteiger partial charge in [-0.3, -0.25) is 4.79 Å². The number of amides is 1. The first kappa shape index (κ1) is 16.5. The molecular weight excluding hydrogens is 292 g/mol. The normalized spacial score (nSPS) is 10.6. The predicted molar refractivity (Wildman–Crippen MR) is 89.4 cm³/mol. The number of nitrogens with zero attached hydrogens (tertiary/aromatic N) is 1. The van der Waals surface area contributed by atoms with Crippen molar-refractivity contribution < 1.29 is 14.3 Å². The summed E-state index contributed by atoms with van der Waals surface area (Å²) in [5.41, 5.74) is 2.79. The molecule has 0 atom stereocenters. The Morgan fingerprint density at radius 3 is 2.83 bits per heavy atom. The van der Waals surface area contributed by atoms with E-state index in [0.29, 0.717) is 12.4 Å². The third-order valence-electron chi connectivity index (χ3n) is 3.30. The quantitative estimate of drug-likeness (QED) is 0.833. The van der Waals surface area contributed by atoms with E-state index in [0.717, 1.165) is 22.4 Å². The largest absolute Gasteiger partial charge is 0.496 e. The van der Waals surface area contributed by atoms with Crippen LogP contribution in [0.3, 0.4) is 0 Å². The number of methoxy groups -OCH3 is 2. The fourth-order valence-corrected chi connectivity index (χ4v) is 2.13. The topological polar surface area (TPSA) is 60.5 Å². The molecule has 0 aliphatic rings. The Morgan fingerprint density at radius 1 is 1.26 bits per heavy atom. The lowest BCUT2D eigenvalue weighted by Gasteiger charge is -2.07. The maximum absolute atomic E-state index is 12.0. The molecule has 1 amide bonds. The Balaban J connectivity index is 2.01. The Bertz CT molecular complexity index is 711. The molecule has 0 saturated carbocycles. The Hall–Kier alpha value is -2.82. The van der Waals surface area contributed by atoms with Gasteiger partial charge in [-0.1, -0.05) is 17.7 Å². The van der Waals surface area contributed by atoms with Gasteiger partial charge in [0, 0.05) is 29.9 Å². The van der Waals surface area contributed by atoms with Crippen molar-refractivity contribution in [2.45, 2.75) is 13.5 Å². The first-order valence-corrected chi connectivity index (χ1v) is 7.22. The molecule has 120 valence electrons. The molecule has 5 heteroatoms. The minimum Gasteiger partial charge on any atom is -0.496 e. The average molecular weight is 312 g/mol. The van der Waals surface area contributed by atoms with E-state index in [-0.39, 0.29) is 5.91 Å². The van der Waals surface area contributed by atoms with E-state index in [2.05, 4.69) is 10.3 Å². The van der Waals surface area contributed by atoms with Gasteiger partial charge in [0.1, 0.15) is 5.75 Å². The van der Waals surface area contributed by atoms with Crippen LogP contribution in [-0.4, -0.2) is 25.1 Å². The lowest BCUT2D eigenvalue weighted by molar-refractivity contribution is -0.116. The van der Waals surface area contributed by atoms with Crippen LogP contribution in [-0.2, 0) is 11.3 Å². The van der Waals surface area contributed by atoms with Crippen LogP contribution in [0.2, 0.25) is 0 Å². The summed E-state index contributed by atoms with van der Waals surface area (Å²) >= 11 is 0. The molecule has 2 aromatic rings. The van der Waals surface area contributed by atoms with Crippen molar-refractivity contribution >= 4 is 12.0 Å². The lowest BCUT2D eigenvalue weighted by atomic mass is 10.1. The summed E-state index contributed by atoms with van der Waals surface area (Å²) in [6, 6.07) is 9.47. The maximum Gasteiger partial charge on any atom is 0.244 e. The van der Waals surface area contributed by atoms with Crippen LogP contribution in [0.1, 0.15) is 16.7 Å². The molecule has 0 radical (unpaired) electrons. The van der Waals surface area contributed by atoms with Gasteiger partial charge >= 0.3 is 0 Å². The third-order valence-corrected chi connectivity index (χ3v) is 3.30. The van der Waals surface area contributed by atoms with Crippen molar-refractivity contribution in [1.29, 1.82) is 0 Å². The molecule has 0 fully saturated rings. The summed E-state index contributed by atoms with van der Waals surface area (Å²) in [6.07, 6.45) is 4.87. The van der Waals surface area contributed by atoms with Gasteiger partial charge in [0.2, 0.25) is 11.8 Å². The van der Waals surface area contributed by atoms with Gasteiger partial charge in [-0.15, -0.1) is 0 Å². The zero-order chi connectivity index (χ0) is 16.7. The summed E-state index contributed by atoms with van der Waals surface area (Å²) < 4.78 is 10.4. The summed E-state index contributed by atoms with van der Waals surface area (Å²) in [4.78, 5) is 16.1. The molecule has 0 aliphatic carbocycles. The monoisotopic (exact) mass is 312 g/mol. The molecule has 5 nitrogen and oxygen atoms in total. The summed E-state index contributed by atoms with van der Waals surface area (Å²) in [7, 11) is 3.16. The smallest absolute Gasteiger partial charge is 0.244 e. The Kier molecular flexibility index (Phi) is 5.74. The molecular formula is C18H20N2O3. The van der Waals surface area contributed by atoms with Gasteiger partial charge in [-0.25, -0.2) is 4.98 Å². The highest BCUT2D eigenvalue weighted by Crippen LogP contribution is 2.21. The zero-order valence-corrected chi connectivity index (χ0v) is 13.5. The maximum atomic E-state index is 12.0. The Morgan fingerprint density at radius 2 is 2.09 bits per heavy atom. The number of aryl methyl sites for hydroxylation is 1.